The summed E-state index contributed by atoms with van der Waals surface area (Å²) in [4.78, 5) is 13.6. The van der Waals surface area contributed by atoms with Crippen LogP contribution < -0.4 is 10.1 Å². The Morgan fingerprint density at radius 3 is 2.37 bits per heavy atom. The Kier molecular flexibility index (Phi) is 6.27. The molecule has 0 aliphatic rings. The Bertz CT molecular complexity index is 945. The van der Waals surface area contributed by atoms with Crippen LogP contribution in [0.2, 0.25) is 5.02 Å². The second-order valence-electron chi connectivity index (χ2n) is 5.83. The van der Waals surface area contributed by atoms with Gasteiger partial charge in [0.15, 0.2) is 0 Å². The van der Waals surface area contributed by atoms with E-state index in [1.54, 1.807) is 54.8 Å². The number of hydrogen-bond acceptors (Lipinski definition) is 3. The lowest BCUT2D eigenvalue weighted by Gasteiger charge is -2.19. The number of carbonyl (C=O) groups is 1. The van der Waals surface area contributed by atoms with Crippen molar-refractivity contribution in [2.45, 2.75) is 11.0 Å². The maximum absolute atomic E-state index is 12.9. The average Bonchev–Trinajstić information content (AvgIpc) is 2.68. The van der Waals surface area contributed by atoms with Crippen molar-refractivity contribution in [1.82, 2.24) is 0 Å². The molecule has 27 heavy (non-hydrogen) atoms. The van der Waals surface area contributed by atoms with E-state index in [2.05, 4.69) is 5.32 Å². The van der Waals surface area contributed by atoms with Crippen LogP contribution in [0.15, 0.2) is 83.8 Å². The molecule has 4 nitrogen and oxygen atoms in total. The summed E-state index contributed by atoms with van der Waals surface area (Å²) >= 11 is 5.92. The summed E-state index contributed by atoms with van der Waals surface area (Å²) in [7, 11) is -1.13. The average molecular weight is 400 g/mol. The summed E-state index contributed by atoms with van der Waals surface area (Å²) in [5.41, 5.74) is 1.29. The fourth-order valence-electron chi connectivity index (χ4n) is 2.51. The molecule has 6 heteroatoms. The van der Waals surface area contributed by atoms with Crippen molar-refractivity contribution < 1.29 is 13.7 Å². The van der Waals surface area contributed by atoms with E-state index in [1.807, 2.05) is 30.3 Å². The second-order valence-corrected chi connectivity index (χ2v) is 7.65. The Labute approximate surface area is 165 Å². The van der Waals surface area contributed by atoms with Crippen LogP contribution in [0.3, 0.4) is 0 Å². The summed E-state index contributed by atoms with van der Waals surface area (Å²) in [6, 6.07) is 23.0. The van der Waals surface area contributed by atoms with Crippen molar-refractivity contribution in [2.24, 2.45) is 0 Å². The van der Waals surface area contributed by atoms with Crippen LogP contribution in [0, 0.1) is 0 Å². The molecule has 3 aromatic carbocycles. The van der Waals surface area contributed by atoms with E-state index in [4.69, 9.17) is 16.3 Å². The fraction of sp³-hybridized carbons (Fsp3) is 0.0952. The fourth-order valence-corrected chi connectivity index (χ4v) is 3.20. The Hall–Kier alpha value is -2.63. The van der Waals surface area contributed by atoms with Crippen LogP contribution in [-0.2, 0) is 15.6 Å². The minimum absolute atomic E-state index is 0.324. The van der Waals surface area contributed by atoms with Gasteiger partial charge in [-0.25, -0.2) is 0 Å². The van der Waals surface area contributed by atoms with E-state index in [1.165, 1.54) is 0 Å². The molecule has 0 heterocycles. The summed E-state index contributed by atoms with van der Waals surface area (Å²) in [6.07, 6.45) is 0.750. The molecule has 1 amide bonds. The molecule has 3 rings (SSSR count). The van der Waals surface area contributed by atoms with Crippen molar-refractivity contribution in [3.05, 3.63) is 89.4 Å². The second kappa shape index (κ2) is 8.84. The van der Waals surface area contributed by atoms with Crippen molar-refractivity contribution in [3.63, 3.8) is 0 Å². The molecule has 0 saturated heterocycles. The van der Waals surface area contributed by atoms with Crippen molar-refractivity contribution >= 4 is 34.0 Å². The van der Waals surface area contributed by atoms with Gasteiger partial charge in [-0.2, -0.15) is 0 Å². The number of carbonyl (C=O) groups excluding carboxylic acids is 1. The molecule has 1 N–H and O–H groups in total. The summed E-state index contributed by atoms with van der Waals surface area (Å²) < 4.78 is 17.6. The highest BCUT2D eigenvalue weighted by atomic mass is 35.5. The maximum atomic E-state index is 12.9. The molecule has 0 aliphatic carbocycles. The number of rotatable bonds is 6. The number of nitrogens with one attached hydrogen (secondary N) is 1. The van der Waals surface area contributed by atoms with Crippen LogP contribution in [0.4, 0.5) is 5.69 Å². The smallest absolute Gasteiger partial charge is 0.270 e. The van der Waals surface area contributed by atoms with Crippen molar-refractivity contribution in [3.8, 4) is 5.75 Å². The predicted molar refractivity (Wildman–Crippen MR) is 109 cm³/mol. The Morgan fingerprint density at radius 2 is 1.70 bits per heavy atom. The third kappa shape index (κ3) is 5.18. The largest absolute Gasteiger partial charge is 0.476 e. The highest BCUT2D eigenvalue weighted by Gasteiger charge is 2.23. The maximum Gasteiger partial charge on any atom is 0.270 e. The Balaban J connectivity index is 1.85. The van der Waals surface area contributed by atoms with Gasteiger partial charge >= 0.3 is 0 Å². The van der Waals surface area contributed by atoms with Crippen LogP contribution in [0.25, 0.3) is 0 Å². The van der Waals surface area contributed by atoms with Crippen LogP contribution >= 0.6 is 11.6 Å². The van der Waals surface area contributed by atoms with Gasteiger partial charge in [-0.15, -0.1) is 0 Å². The van der Waals surface area contributed by atoms with E-state index in [9.17, 15) is 9.00 Å². The van der Waals surface area contributed by atoms with E-state index >= 15 is 0 Å². The number of hydrogen-bond donors (Lipinski definition) is 1. The molecular formula is C21H18ClNO3S. The molecule has 138 valence electrons. The minimum Gasteiger partial charge on any atom is -0.476 e. The van der Waals surface area contributed by atoms with Gasteiger partial charge in [-0.05, 0) is 42.5 Å². The lowest BCUT2D eigenvalue weighted by atomic mass is 10.1. The van der Waals surface area contributed by atoms with Gasteiger partial charge in [0.25, 0.3) is 5.91 Å². The van der Waals surface area contributed by atoms with Gasteiger partial charge in [0.2, 0.25) is 6.10 Å². The molecular weight excluding hydrogens is 382 g/mol. The van der Waals surface area contributed by atoms with E-state index < -0.39 is 16.9 Å². The zero-order chi connectivity index (χ0) is 19.2. The number of anilines is 1. The van der Waals surface area contributed by atoms with Crippen molar-refractivity contribution in [1.29, 1.82) is 0 Å². The van der Waals surface area contributed by atoms with Gasteiger partial charge in [-0.1, -0.05) is 48.0 Å². The predicted octanol–water partition coefficient (Wildman–Crippen LogP) is 4.84. The topological polar surface area (TPSA) is 55.4 Å². The minimum atomic E-state index is -1.13. The van der Waals surface area contributed by atoms with Gasteiger partial charge in [-0.3, -0.25) is 9.00 Å². The van der Waals surface area contributed by atoms with Gasteiger partial charge < -0.3 is 10.1 Å². The molecule has 0 bridgehead atoms. The molecule has 0 aliphatic heterocycles. The molecule has 0 aromatic heterocycles. The zero-order valence-electron chi connectivity index (χ0n) is 14.6. The number of amides is 1. The quantitative estimate of drug-likeness (QED) is 0.645. The molecule has 2 atom stereocenters. The first-order valence-electron chi connectivity index (χ1n) is 8.24. The first-order valence-corrected chi connectivity index (χ1v) is 10.2. The third-order valence-corrected chi connectivity index (χ3v) is 5.01. The third-order valence-electron chi connectivity index (χ3n) is 3.84. The number of halogens is 1. The highest BCUT2D eigenvalue weighted by Crippen LogP contribution is 2.25. The lowest BCUT2D eigenvalue weighted by Crippen LogP contribution is -2.25. The molecule has 3 aromatic rings. The zero-order valence-corrected chi connectivity index (χ0v) is 16.2. The standard InChI is InChI=1S/C21H18ClNO3S/c1-27(25)19-9-5-8-17(14-19)23-21(24)20(15-6-3-2-4-7-15)26-18-12-10-16(22)11-13-18/h2-14,20H,1H3,(H,23,24). The van der Waals surface area contributed by atoms with E-state index in [0.29, 0.717) is 21.4 Å². The van der Waals surface area contributed by atoms with E-state index in [0.717, 1.165) is 5.56 Å². The van der Waals surface area contributed by atoms with E-state index in [-0.39, 0.29) is 5.91 Å². The van der Waals surface area contributed by atoms with Gasteiger partial charge in [0.1, 0.15) is 5.75 Å². The van der Waals surface area contributed by atoms with Crippen molar-refractivity contribution in [2.75, 3.05) is 11.6 Å². The first-order chi connectivity index (χ1) is 13.0. The molecule has 2 unspecified atom stereocenters. The summed E-state index contributed by atoms with van der Waals surface area (Å²) in [6.45, 7) is 0. The van der Waals surface area contributed by atoms with Crippen LogP contribution in [0.5, 0.6) is 5.75 Å². The SMILES string of the molecule is CS(=O)c1cccc(NC(=O)C(Oc2ccc(Cl)cc2)c2ccccc2)c1. The summed E-state index contributed by atoms with van der Waals surface area (Å²) in [5.74, 6) is 0.210. The number of benzene rings is 3. The van der Waals surface area contributed by atoms with Crippen LogP contribution in [-0.4, -0.2) is 16.4 Å². The molecule has 0 saturated carbocycles. The van der Waals surface area contributed by atoms with Crippen LogP contribution in [0.1, 0.15) is 11.7 Å². The Morgan fingerprint density at radius 1 is 1.00 bits per heavy atom. The normalized spacial score (nSPS) is 12.8. The highest BCUT2D eigenvalue weighted by molar-refractivity contribution is 7.84. The van der Waals surface area contributed by atoms with Gasteiger partial charge in [0, 0.05) is 38.2 Å². The molecule has 0 fully saturated rings. The first kappa shape index (κ1) is 19.1. The number of ether oxygens (including phenoxy) is 1. The summed E-state index contributed by atoms with van der Waals surface area (Å²) in [5, 5.41) is 3.43. The molecule has 0 radical (unpaired) electrons. The molecule has 0 spiro atoms. The lowest BCUT2D eigenvalue weighted by molar-refractivity contribution is -0.123. The van der Waals surface area contributed by atoms with Gasteiger partial charge in [0.05, 0.1) is 0 Å². The monoisotopic (exact) mass is 399 g/mol.